The van der Waals surface area contributed by atoms with Gasteiger partial charge in [-0.2, -0.15) is 0 Å². The van der Waals surface area contributed by atoms with Crippen molar-refractivity contribution in [3.8, 4) is 5.69 Å². The van der Waals surface area contributed by atoms with Crippen molar-refractivity contribution in [2.75, 3.05) is 13.1 Å². The number of hydrogen-bond donors (Lipinski definition) is 1. The van der Waals surface area contributed by atoms with Crippen LogP contribution in [0.3, 0.4) is 0 Å². The van der Waals surface area contributed by atoms with Crippen LogP contribution in [-0.4, -0.2) is 27.6 Å². The number of aromatic nitrogens is 3. The first-order chi connectivity index (χ1) is 9.92. The van der Waals surface area contributed by atoms with Crippen LogP contribution in [0.15, 0.2) is 36.2 Å². The molecular formula is C15H16N4S. The predicted molar refractivity (Wildman–Crippen MR) is 81.6 cm³/mol. The van der Waals surface area contributed by atoms with Gasteiger partial charge in [-0.05, 0) is 37.6 Å². The van der Waals surface area contributed by atoms with E-state index in [1.807, 2.05) is 18.0 Å². The Balaban J connectivity index is 1.75. The minimum atomic E-state index is 0.559. The lowest BCUT2D eigenvalue weighted by atomic mass is 9.96. The molecule has 1 atom stereocenters. The zero-order chi connectivity index (χ0) is 13.4. The molecule has 0 saturated carbocycles. The molecular weight excluding hydrogens is 268 g/mol. The normalized spacial score (nSPS) is 19.5. The molecule has 1 aliphatic rings. The van der Waals surface area contributed by atoms with Gasteiger partial charge in [0.05, 0.1) is 22.1 Å². The summed E-state index contributed by atoms with van der Waals surface area (Å²) in [6, 6.07) is 6.42. The highest BCUT2D eigenvalue weighted by Gasteiger charge is 2.19. The topological polar surface area (TPSA) is 42.7 Å². The highest BCUT2D eigenvalue weighted by Crippen LogP contribution is 2.27. The van der Waals surface area contributed by atoms with E-state index in [1.54, 1.807) is 11.3 Å². The van der Waals surface area contributed by atoms with E-state index in [4.69, 9.17) is 0 Å². The van der Waals surface area contributed by atoms with Crippen LogP contribution in [0.25, 0.3) is 15.9 Å². The number of fused-ring (bicyclic) bond motifs is 1. The van der Waals surface area contributed by atoms with Crippen molar-refractivity contribution in [2.45, 2.75) is 18.8 Å². The summed E-state index contributed by atoms with van der Waals surface area (Å²) < 4.78 is 3.44. The molecule has 1 N–H and O–H groups in total. The molecule has 1 saturated heterocycles. The molecule has 0 bridgehead atoms. The highest BCUT2D eigenvalue weighted by atomic mass is 32.1. The van der Waals surface area contributed by atoms with Gasteiger partial charge < -0.3 is 9.88 Å². The third kappa shape index (κ3) is 2.03. The van der Waals surface area contributed by atoms with Gasteiger partial charge in [-0.3, -0.25) is 0 Å². The maximum Gasteiger partial charge on any atom is 0.0994 e. The van der Waals surface area contributed by atoms with Gasteiger partial charge in [0.15, 0.2) is 0 Å². The second-order valence-corrected chi connectivity index (χ2v) is 6.12. The van der Waals surface area contributed by atoms with Crippen molar-refractivity contribution in [3.05, 3.63) is 41.9 Å². The molecule has 2 aromatic heterocycles. The third-order valence-electron chi connectivity index (χ3n) is 3.98. The number of rotatable bonds is 2. The van der Waals surface area contributed by atoms with E-state index in [0.29, 0.717) is 5.92 Å². The number of hydrogen-bond acceptors (Lipinski definition) is 4. The van der Waals surface area contributed by atoms with Gasteiger partial charge in [0.1, 0.15) is 0 Å². The van der Waals surface area contributed by atoms with Gasteiger partial charge in [-0.15, -0.1) is 11.3 Å². The molecule has 102 valence electrons. The quantitative estimate of drug-likeness (QED) is 0.787. The largest absolute Gasteiger partial charge is 0.316 e. The van der Waals surface area contributed by atoms with Crippen molar-refractivity contribution in [3.63, 3.8) is 0 Å². The van der Waals surface area contributed by atoms with E-state index in [0.717, 1.165) is 18.6 Å². The molecule has 1 aliphatic heterocycles. The molecule has 5 heteroatoms. The summed E-state index contributed by atoms with van der Waals surface area (Å²) in [6.45, 7) is 2.19. The average molecular weight is 284 g/mol. The fourth-order valence-electron chi connectivity index (χ4n) is 2.92. The lowest BCUT2D eigenvalue weighted by Gasteiger charge is -2.23. The monoisotopic (exact) mass is 284 g/mol. The first-order valence-corrected chi connectivity index (χ1v) is 7.86. The van der Waals surface area contributed by atoms with Crippen molar-refractivity contribution < 1.29 is 0 Å². The minimum absolute atomic E-state index is 0.559. The van der Waals surface area contributed by atoms with Crippen molar-refractivity contribution in [2.24, 2.45) is 0 Å². The molecule has 4 rings (SSSR count). The summed E-state index contributed by atoms with van der Waals surface area (Å²) >= 11 is 1.68. The standard InChI is InChI=1S/C15H16N4S/c1-2-11(7-16-5-1)14-8-17-9-19(14)12-3-4-13-15(6-12)20-10-18-13/h3-4,6,8-11,16H,1-2,5,7H2. The van der Waals surface area contributed by atoms with Crippen molar-refractivity contribution in [1.29, 1.82) is 0 Å². The molecule has 0 radical (unpaired) electrons. The number of benzene rings is 1. The van der Waals surface area contributed by atoms with E-state index in [-0.39, 0.29) is 0 Å². The first kappa shape index (κ1) is 12.1. The van der Waals surface area contributed by atoms with Gasteiger partial charge in [0, 0.05) is 30.0 Å². The maximum absolute atomic E-state index is 4.36. The Morgan fingerprint density at radius 3 is 3.25 bits per heavy atom. The number of piperidine rings is 1. The Morgan fingerprint density at radius 2 is 2.35 bits per heavy atom. The Labute approximate surface area is 121 Å². The van der Waals surface area contributed by atoms with E-state index < -0.39 is 0 Å². The van der Waals surface area contributed by atoms with Gasteiger partial charge >= 0.3 is 0 Å². The summed E-state index contributed by atoms with van der Waals surface area (Å²) in [5.41, 5.74) is 5.45. The summed E-state index contributed by atoms with van der Waals surface area (Å²) in [7, 11) is 0. The smallest absolute Gasteiger partial charge is 0.0994 e. The molecule has 1 aromatic carbocycles. The van der Waals surface area contributed by atoms with Gasteiger partial charge in [-0.1, -0.05) is 0 Å². The molecule has 3 heterocycles. The summed E-state index contributed by atoms with van der Waals surface area (Å²) in [6.07, 6.45) is 6.41. The van der Waals surface area contributed by atoms with Crippen LogP contribution in [-0.2, 0) is 0 Å². The number of nitrogens with one attached hydrogen (secondary N) is 1. The van der Waals surface area contributed by atoms with Crippen LogP contribution in [0.1, 0.15) is 24.5 Å². The zero-order valence-electron chi connectivity index (χ0n) is 11.1. The van der Waals surface area contributed by atoms with Gasteiger partial charge in [-0.25, -0.2) is 9.97 Å². The molecule has 0 aliphatic carbocycles. The fourth-order valence-corrected chi connectivity index (χ4v) is 3.63. The second-order valence-electron chi connectivity index (χ2n) is 5.24. The van der Waals surface area contributed by atoms with Crippen LogP contribution in [0.4, 0.5) is 0 Å². The van der Waals surface area contributed by atoms with Gasteiger partial charge in [0.2, 0.25) is 0 Å². The zero-order valence-corrected chi connectivity index (χ0v) is 11.9. The Bertz CT molecular complexity index is 724. The summed E-state index contributed by atoms with van der Waals surface area (Å²) in [5, 5.41) is 3.48. The molecule has 1 unspecified atom stereocenters. The Hall–Kier alpha value is -1.72. The van der Waals surface area contributed by atoms with E-state index in [2.05, 4.69) is 38.1 Å². The third-order valence-corrected chi connectivity index (χ3v) is 4.77. The molecule has 4 nitrogen and oxygen atoms in total. The molecule has 0 spiro atoms. The fraction of sp³-hybridized carbons (Fsp3) is 0.333. The predicted octanol–water partition coefficient (Wildman–Crippen LogP) is 2.95. The second kappa shape index (κ2) is 5.00. The summed E-state index contributed by atoms with van der Waals surface area (Å²) in [5.74, 6) is 0.559. The van der Waals surface area contributed by atoms with E-state index >= 15 is 0 Å². The number of thiazole rings is 1. The van der Waals surface area contributed by atoms with Crippen LogP contribution >= 0.6 is 11.3 Å². The van der Waals surface area contributed by atoms with Crippen molar-refractivity contribution in [1.82, 2.24) is 19.9 Å². The van der Waals surface area contributed by atoms with Gasteiger partial charge in [0.25, 0.3) is 0 Å². The average Bonchev–Trinajstić information content (AvgIpc) is 3.16. The Morgan fingerprint density at radius 1 is 1.35 bits per heavy atom. The van der Waals surface area contributed by atoms with E-state index in [1.165, 1.54) is 28.9 Å². The van der Waals surface area contributed by atoms with Crippen LogP contribution < -0.4 is 5.32 Å². The van der Waals surface area contributed by atoms with E-state index in [9.17, 15) is 0 Å². The lowest BCUT2D eigenvalue weighted by molar-refractivity contribution is 0.451. The molecule has 0 amide bonds. The number of nitrogens with zero attached hydrogens (tertiary/aromatic N) is 3. The van der Waals surface area contributed by atoms with Crippen LogP contribution in [0, 0.1) is 0 Å². The maximum atomic E-state index is 4.36. The molecule has 1 fully saturated rings. The van der Waals surface area contributed by atoms with Crippen LogP contribution in [0.2, 0.25) is 0 Å². The van der Waals surface area contributed by atoms with Crippen LogP contribution in [0.5, 0.6) is 0 Å². The highest BCUT2D eigenvalue weighted by molar-refractivity contribution is 7.16. The summed E-state index contributed by atoms with van der Waals surface area (Å²) in [4.78, 5) is 8.70. The first-order valence-electron chi connectivity index (χ1n) is 6.98. The minimum Gasteiger partial charge on any atom is -0.316 e. The lowest BCUT2D eigenvalue weighted by Crippen LogP contribution is -2.29. The number of imidazole rings is 1. The van der Waals surface area contributed by atoms with Crippen molar-refractivity contribution >= 4 is 21.6 Å². The Kier molecular flexibility index (Phi) is 3.01. The molecule has 3 aromatic rings. The molecule has 20 heavy (non-hydrogen) atoms. The SMILES string of the molecule is c1nc2ccc(-n3cncc3C3CCCNC3)cc2s1.